The van der Waals surface area contributed by atoms with Gasteiger partial charge in [-0.05, 0) is 6.26 Å². The highest BCUT2D eigenvalue weighted by Gasteiger charge is 2.24. The van der Waals surface area contributed by atoms with Crippen LogP contribution in [0.4, 0.5) is 11.6 Å². The van der Waals surface area contributed by atoms with Gasteiger partial charge in [-0.15, -0.1) is 0 Å². The van der Waals surface area contributed by atoms with E-state index in [4.69, 9.17) is 10.5 Å². The van der Waals surface area contributed by atoms with Crippen LogP contribution in [0.15, 0.2) is 23.6 Å². The molecule has 2 aromatic rings. The van der Waals surface area contributed by atoms with Crippen molar-refractivity contribution in [3.63, 3.8) is 0 Å². The first-order valence-corrected chi connectivity index (χ1v) is 7.92. The number of hydrogen-bond acceptors (Lipinski definition) is 7. The minimum absolute atomic E-state index is 0.00127. The van der Waals surface area contributed by atoms with Crippen LogP contribution in [0.2, 0.25) is 0 Å². The van der Waals surface area contributed by atoms with Gasteiger partial charge in [0, 0.05) is 38.0 Å². The second kappa shape index (κ2) is 5.90. The predicted octanol–water partition coefficient (Wildman–Crippen LogP) is 1.09. The summed E-state index contributed by atoms with van der Waals surface area (Å²) in [6.45, 7) is 2.18. The largest absolute Gasteiger partial charge is 0.383 e. The summed E-state index contributed by atoms with van der Waals surface area (Å²) in [4.78, 5) is 10.9. The molecule has 0 aliphatic carbocycles. The van der Waals surface area contributed by atoms with Gasteiger partial charge in [0.1, 0.15) is 17.7 Å². The lowest BCUT2D eigenvalue weighted by Crippen LogP contribution is -2.39. The third-order valence-electron chi connectivity index (χ3n) is 3.38. The van der Waals surface area contributed by atoms with Gasteiger partial charge in [0.05, 0.1) is 12.8 Å². The van der Waals surface area contributed by atoms with E-state index in [9.17, 15) is 0 Å². The van der Waals surface area contributed by atoms with Crippen molar-refractivity contribution < 1.29 is 4.74 Å². The fourth-order valence-corrected chi connectivity index (χ4v) is 2.73. The summed E-state index contributed by atoms with van der Waals surface area (Å²) in [6.07, 6.45) is 5.77. The van der Waals surface area contributed by atoms with Crippen LogP contribution in [0.1, 0.15) is 11.7 Å². The second-order valence-corrected chi connectivity index (χ2v) is 5.66. The van der Waals surface area contributed by atoms with E-state index in [0.717, 1.165) is 24.5 Å². The number of rotatable bonds is 3. The maximum Gasteiger partial charge on any atom is 0.191 e. The number of nitrogens with zero attached hydrogens (tertiary/aromatic N) is 5. The molecule has 1 aliphatic heterocycles. The maximum absolute atomic E-state index is 5.86. The molecule has 3 heterocycles. The Labute approximate surface area is 127 Å². The van der Waals surface area contributed by atoms with Gasteiger partial charge in [0.15, 0.2) is 5.16 Å². The summed E-state index contributed by atoms with van der Waals surface area (Å²) in [5.74, 6) is 1.35. The van der Waals surface area contributed by atoms with Crippen molar-refractivity contribution >= 4 is 23.4 Å². The Kier molecular flexibility index (Phi) is 3.98. The number of morpholine rings is 1. The number of hydrogen-bond donors (Lipinski definition) is 1. The molecule has 21 heavy (non-hydrogen) atoms. The third-order valence-corrected chi connectivity index (χ3v) is 3.93. The molecule has 0 unspecified atom stereocenters. The van der Waals surface area contributed by atoms with Crippen LogP contribution in [-0.2, 0) is 11.8 Å². The molecule has 2 aromatic heterocycles. The zero-order valence-corrected chi connectivity index (χ0v) is 12.9. The van der Waals surface area contributed by atoms with Crippen molar-refractivity contribution in [2.45, 2.75) is 11.3 Å². The van der Waals surface area contributed by atoms with E-state index in [1.165, 1.54) is 11.8 Å². The lowest BCUT2D eigenvalue weighted by Gasteiger charge is -2.33. The van der Waals surface area contributed by atoms with Crippen LogP contribution in [0.3, 0.4) is 0 Å². The highest BCUT2D eigenvalue weighted by Crippen LogP contribution is 2.26. The van der Waals surface area contributed by atoms with Crippen LogP contribution < -0.4 is 10.6 Å². The van der Waals surface area contributed by atoms with E-state index in [-0.39, 0.29) is 6.10 Å². The Morgan fingerprint density at radius 1 is 1.43 bits per heavy atom. The van der Waals surface area contributed by atoms with E-state index in [1.807, 2.05) is 31.8 Å². The zero-order valence-electron chi connectivity index (χ0n) is 12.1. The number of nitrogen functional groups attached to an aromatic ring is 1. The summed E-state index contributed by atoms with van der Waals surface area (Å²) in [5.41, 5.74) is 6.93. The highest BCUT2D eigenvalue weighted by atomic mass is 32.2. The van der Waals surface area contributed by atoms with Gasteiger partial charge in [-0.2, -0.15) is 5.10 Å². The summed E-state index contributed by atoms with van der Waals surface area (Å²) < 4.78 is 7.62. The number of nitrogens with two attached hydrogens (primary N) is 1. The predicted molar refractivity (Wildman–Crippen MR) is 82.3 cm³/mol. The minimum atomic E-state index is 0.00127. The van der Waals surface area contributed by atoms with Crippen molar-refractivity contribution in [2.24, 2.45) is 7.05 Å². The summed E-state index contributed by atoms with van der Waals surface area (Å²) in [5, 5.41) is 4.89. The first-order valence-electron chi connectivity index (χ1n) is 6.69. The van der Waals surface area contributed by atoms with Gasteiger partial charge in [-0.3, -0.25) is 4.68 Å². The second-order valence-electron chi connectivity index (χ2n) is 4.89. The molecule has 1 saturated heterocycles. The number of anilines is 2. The van der Waals surface area contributed by atoms with Crippen molar-refractivity contribution in [3.05, 3.63) is 24.0 Å². The molecule has 0 amide bonds. The lowest BCUT2D eigenvalue weighted by atomic mass is 10.1. The Balaban J connectivity index is 1.81. The molecular formula is C13H18N6OS. The van der Waals surface area contributed by atoms with Crippen LogP contribution >= 0.6 is 11.8 Å². The topological polar surface area (TPSA) is 82.1 Å². The first kappa shape index (κ1) is 14.2. The third kappa shape index (κ3) is 3.11. The van der Waals surface area contributed by atoms with Gasteiger partial charge in [-0.25, -0.2) is 9.97 Å². The van der Waals surface area contributed by atoms with E-state index in [0.29, 0.717) is 17.6 Å². The van der Waals surface area contributed by atoms with E-state index >= 15 is 0 Å². The average molecular weight is 306 g/mol. The molecule has 1 aliphatic rings. The molecule has 0 saturated carbocycles. The normalized spacial score (nSPS) is 19.0. The van der Waals surface area contributed by atoms with Crippen LogP contribution in [0.5, 0.6) is 0 Å². The summed E-state index contributed by atoms with van der Waals surface area (Å²) in [7, 11) is 1.90. The summed E-state index contributed by atoms with van der Waals surface area (Å²) in [6, 6.07) is 1.81. The molecule has 7 nitrogen and oxygen atoms in total. The Morgan fingerprint density at radius 2 is 2.29 bits per heavy atom. The molecule has 0 aromatic carbocycles. The van der Waals surface area contributed by atoms with Crippen molar-refractivity contribution in [3.8, 4) is 0 Å². The van der Waals surface area contributed by atoms with Gasteiger partial charge >= 0.3 is 0 Å². The molecule has 112 valence electrons. The SMILES string of the molecule is CSc1nc(N)cc(N2CCO[C@@H](c3cnn(C)c3)C2)n1. The van der Waals surface area contributed by atoms with Crippen LogP contribution in [-0.4, -0.2) is 45.7 Å². The van der Waals surface area contributed by atoms with Gasteiger partial charge in [0.2, 0.25) is 0 Å². The number of aromatic nitrogens is 4. The standard InChI is InChI=1S/C13H18N6OS/c1-18-7-9(6-15-18)10-8-19(3-4-20-10)12-5-11(14)16-13(17-12)21-2/h5-7,10H,3-4,8H2,1-2H3,(H2,14,16,17)/t10-/m1/s1. The fourth-order valence-electron chi connectivity index (χ4n) is 2.35. The van der Waals surface area contributed by atoms with Crippen LogP contribution in [0, 0.1) is 0 Å². The quantitative estimate of drug-likeness (QED) is 0.671. The highest BCUT2D eigenvalue weighted by molar-refractivity contribution is 7.98. The Morgan fingerprint density at radius 3 is 3.00 bits per heavy atom. The van der Waals surface area contributed by atoms with Gasteiger partial charge < -0.3 is 15.4 Å². The van der Waals surface area contributed by atoms with E-state index in [1.54, 1.807) is 4.68 Å². The average Bonchev–Trinajstić information content (AvgIpc) is 2.93. The van der Waals surface area contributed by atoms with E-state index < -0.39 is 0 Å². The smallest absolute Gasteiger partial charge is 0.191 e. The first-order chi connectivity index (χ1) is 10.2. The van der Waals surface area contributed by atoms with Crippen molar-refractivity contribution in [1.82, 2.24) is 19.7 Å². The molecule has 8 heteroatoms. The number of aryl methyl sites for hydroxylation is 1. The molecule has 0 bridgehead atoms. The lowest BCUT2D eigenvalue weighted by molar-refractivity contribution is 0.0394. The number of ether oxygens (including phenoxy) is 1. The zero-order chi connectivity index (χ0) is 14.8. The fraction of sp³-hybridized carbons (Fsp3) is 0.462. The molecule has 1 fully saturated rings. The molecule has 3 rings (SSSR count). The molecule has 0 spiro atoms. The van der Waals surface area contributed by atoms with Gasteiger partial charge in [-0.1, -0.05) is 11.8 Å². The Hall–Kier alpha value is -1.80. The van der Waals surface area contributed by atoms with Crippen LogP contribution in [0.25, 0.3) is 0 Å². The van der Waals surface area contributed by atoms with Crippen molar-refractivity contribution in [1.29, 1.82) is 0 Å². The maximum atomic E-state index is 5.86. The molecule has 1 atom stereocenters. The summed E-state index contributed by atoms with van der Waals surface area (Å²) >= 11 is 1.49. The Bertz CT molecular complexity index is 631. The molecular weight excluding hydrogens is 288 g/mol. The monoisotopic (exact) mass is 306 g/mol. The van der Waals surface area contributed by atoms with Gasteiger partial charge in [0.25, 0.3) is 0 Å². The minimum Gasteiger partial charge on any atom is -0.383 e. The van der Waals surface area contributed by atoms with Crippen molar-refractivity contribution in [2.75, 3.05) is 36.6 Å². The molecule has 0 radical (unpaired) electrons. The molecule has 2 N–H and O–H groups in total. The van der Waals surface area contributed by atoms with E-state index in [2.05, 4.69) is 20.0 Å². The number of thioether (sulfide) groups is 1.